The molecule has 35 heavy (non-hydrogen) atoms. The molecule has 180 valence electrons. The maximum atomic E-state index is 11.5. The number of hydrogen-bond acceptors (Lipinski definition) is 6. The fraction of sp³-hybridized carbons (Fsp3) is 0.200. The van der Waals surface area contributed by atoms with Gasteiger partial charge >= 0.3 is 0 Å². The van der Waals surface area contributed by atoms with Crippen LogP contribution in [-0.2, 0) is 6.61 Å². The maximum absolute atomic E-state index is 11.5. The van der Waals surface area contributed by atoms with Gasteiger partial charge in [0.2, 0.25) is 6.54 Å². The van der Waals surface area contributed by atoms with Crippen molar-refractivity contribution in [1.82, 2.24) is 14.8 Å². The normalized spacial score (nSPS) is 11.9. The van der Waals surface area contributed by atoms with Gasteiger partial charge < -0.3 is 4.74 Å². The van der Waals surface area contributed by atoms with Gasteiger partial charge in [0.25, 0.3) is 0 Å². The van der Waals surface area contributed by atoms with Gasteiger partial charge in [-0.1, -0.05) is 69.6 Å². The second-order valence-corrected chi connectivity index (χ2v) is 10.4. The zero-order valence-electron chi connectivity index (χ0n) is 19.0. The first-order valence-corrected chi connectivity index (χ1v) is 12.8. The smallest absolute Gasteiger partial charge is 0.220 e. The Balaban J connectivity index is 1.57. The number of aromatic nitrogens is 3. The van der Waals surface area contributed by atoms with E-state index in [9.17, 15) is 10.1 Å². The number of nitro groups is 1. The minimum atomic E-state index is -0.518. The summed E-state index contributed by atoms with van der Waals surface area (Å²) in [5, 5.41) is 20.5. The predicted molar refractivity (Wildman–Crippen MR) is 141 cm³/mol. The number of thioether (sulfide) groups is 1. The Kier molecular flexibility index (Phi) is 8.10. The summed E-state index contributed by atoms with van der Waals surface area (Å²) in [4.78, 5) is 11.2. The van der Waals surface area contributed by atoms with E-state index in [0.717, 1.165) is 21.3 Å². The van der Waals surface area contributed by atoms with E-state index in [1.165, 1.54) is 11.8 Å². The Bertz CT molecular complexity index is 1350. The summed E-state index contributed by atoms with van der Waals surface area (Å²) in [7, 11) is 0. The van der Waals surface area contributed by atoms with Crippen LogP contribution < -0.4 is 4.74 Å². The molecule has 0 amide bonds. The standard InChI is InChI=1S/C25H22BrClN4O3S/c1-16-4-3-5-21(12-16)31-17(2)28-29-25(31)35-24(14-30(32)33)19-8-11-23(22(27)13-19)34-15-18-6-9-20(26)10-7-18/h3-13,24H,14-15H2,1-2H3/t24-/m0/s1. The maximum Gasteiger partial charge on any atom is 0.220 e. The van der Waals surface area contributed by atoms with Gasteiger partial charge in [0.05, 0.1) is 5.02 Å². The van der Waals surface area contributed by atoms with Gasteiger partial charge in [0, 0.05) is 15.1 Å². The van der Waals surface area contributed by atoms with Crippen LogP contribution >= 0.6 is 39.3 Å². The van der Waals surface area contributed by atoms with Gasteiger partial charge in [-0.25, -0.2) is 0 Å². The monoisotopic (exact) mass is 572 g/mol. The van der Waals surface area contributed by atoms with E-state index in [1.54, 1.807) is 12.1 Å². The average molecular weight is 574 g/mol. The minimum Gasteiger partial charge on any atom is -0.487 e. The quantitative estimate of drug-likeness (QED) is 0.122. The third-order valence-electron chi connectivity index (χ3n) is 5.25. The highest BCUT2D eigenvalue weighted by atomic mass is 79.9. The molecule has 1 aromatic heterocycles. The molecule has 0 bridgehead atoms. The van der Waals surface area contributed by atoms with Crippen molar-refractivity contribution in [2.45, 2.75) is 30.9 Å². The molecule has 10 heteroatoms. The molecule has 4 rings (SSSR count). The lowest BCUT2D eigenvalue weighted by Crippen LogP contribution is -2.11. The van der Waals surface area contributed by atoms with Crippen molar-refractivity contribution < 1.29 is 9.66 Å². The molecule has 0 unspecified atom stereocenters. The molecule has 0 fully saturated rings. The van der Waals surface area contributed by atoms with Gasteiger partial charge in [-0.15, -0.1) is 10.2 Å². The highest BCUT2D eigenvalue weighted by molar-refractivity contribution is 9.10. The van der Waals surface area contributed by atoms with Crippen LogP contribution in [0.4, 0.5) is 0 Å². The molecule has 3 aromatic carbocycles. The summed E-state index contributed by atoms with van der Waals surface area (Å²) in [6, 6.07) is 21.0. The van der Waals surface area contributed by atoms with Gasteiger partial charge in [0.1, 0.15) is 23.4 Å². The van der Waals surface area contributed by atoms with E-state index in [-0.39, 0.29) is 11.5 Å². The highest BCUT2D eigenvalue weighted by Crippen LogP contribution is 2.38. The lowest BCUT2D eigenvalue weighted by atomic mass is 10.1. The van der Waals surface area contributed by atoms with Crippen molar-refractivity contribution in [3.8, 4) is 11.4 Å². The van der Waals surface area contributed by atoms with Crippen LogP contribution in [0.5, 0.6) is 5.75 Å². The van der Waals surface area contributed by atoms with E-state index >= 15 is 0 Å². The fourth-order valence-corrected chi connectivity index (χ4v) is 5.21. The molecule has 0 radical (unpaired) electrons. The van der Waals surface area contributed by atoms with Crippen LogP contribution in [0.25, 0.3) is 5.69 Å². The van der Waals surface area contributed by atoms with Crippen molar-refractivity contribution in [1.29, 1.82) is 0 Å². The number of nitrogens with zero attached hydrogens (tertiary/aromatic N) is 4. The molecule has 1 heterocycles. The third-order valence-corrected chi connectivity index (χ3v) is 7.26. The average Bonchev–Trinajstić information content (AvgIpc) is 3.18. The van der Waals surface area contributed by atoms with Crippen molar-refractivity contribution in [2.75, 3.05) is 6.54 Å². The van der Waals surface area contributed by atoms with E-state index in [4.69, 9.17) is 16.3 Å². The summed E-state index contributed by atoms with van der Waals surface area (Å²) < 4.78 is 8.77. The SMILES string of the molecule is Cc1cccc(-n2c(C)nnc2S[C@@H](C[N+](=O)[O-])c2ccc(OCc3ccc(Br)cc3)c(Cl)c2)c1. The minimum absolute atomic E-state index is 0.292. The number of benzene rings is 3. The van der Waals surface area contributed by atoms with Crippen molar-refractivity contribution >= 4 is 39.3 Å². The van der Waals surface area contributed by atoms with Crippen LogP contribution in [0.3, 0.4) is 0 Å². The van der Waals surface area contributed by atoms with Gasteiger partial charge in [-0.2, -0.15) is 0 Å². The zero-order chi connectivity index (χ0) is 24.9. The van der Waals surface area contributed by atoms with Gasteiger partial charge in [0.15, 0.2) is 5.16 Å². The Labute approximate surface area is 220 Å². The molecule has 0 aliphatic carbocycles. The lowest BCUT2D eigenvalue weighted by molar-refractivity contribution is -0.479. The predicted octanol–water partition coefficient (Wildman–Crippen LogP) is 6.99. The summed E-state index contributed by atoms with van der Waals surface area (Å²) in [6.07, 6.45) is 0. The van der Waals surface area contributed by atoms with Gasteiger partial charge in [-0.05, 0) is 66.9 Å². The second-order valence-electron chi connectivity index (χ2n) is 7.93. The topological polar surface area (TPSA) is 83.1 Å². The second kappa shape index (κ2) is 11.2. The molecule has 4 aromatic rings. The molecule has 0 aliphatic rings. The number of ether oxygens (including phenoxy) is 1. The summed E-state index contributed by atoms with van der Waals surface area (Å²) in [5.41, 5.74) is 3.72. The van der Waals surface area contributed by atoms with Crippen LogP contribution in [0, 0.1) is 24.0 Å². The number of halogens is 2. The number of rotatable bonds is 9. The van der Waals surface area contributed by atoms with Gasteiger partial charge in [-0.3, -0.25) is 14.7 Å². The zero-order valence-corrected chi connectivity index (χ0v) is 22.2. The molecular weight excluding hydrogens is 552 g/mol. The summed E-state index contributed by atoms with van der Waals surface area (Å²) in [6.45, 7) is 3.93. The van der Waals surface area contributed by atoms with Crippen molar-refractivity contribution in [3.63, 3.8) is 0 Å². The lowest BCUT2D eigenvalue weighted by Gasteiger charge is -2.16. The highest BCUT2D eigenvalue weighted by Gasteiger charge is 2.24. The Hall–Kier alpha value is -2.88. The van der Waals surface area contributed by atoms with Crippen LogP contribution in [0.2, 0.25) is 5.02 Å². The first-order chi connectivity index (χ1) is 16.8. The Morgan fingerprint density at radius 1 is 1.11 bits per heavy atom. The van der Waals surface area contributed by atoms with Crippen molar-refractivity contribution in [2.24, 2.45) is 0 Å². The van der Waals surface area contributed by atoms with E-state index in [0.29, 0.717) is 33.9 Å². The van der Waals surface area contributed by atoms with E-state index < -0.39 is 5.25 Å². The largest absolute Gasteiger partial charge is 0.487 e. The summed E-state index contributed by atoms with van der Waals surface area (Å²) >= 11 is 11.2. The van der Waals surface area contributed by atoms with Crippen molar-refractivity contribution in [3.05, 3.63) is 109 Å². The molecule has 0 spiro atoms. The number of aryl methyl sites for hydroxylation is 2. The van der Waals surface area contributed by atoms with Crippen LogP contribution in [0.1, 0.15) is 27.8 Å². The van der Waals surface area contributed by atoms with E-state index in [2.05, 4.69) is 26.1 Å². The Morgan fingerprint density at radius 3 is 2.57 bits per heavy atom. The van der Waals surface area contributed by atoms with E-state index in [1.807, 2.05) is 73.0 Å². The van der Waals surface area contributed by atoms with Crippen LogP contribution in [-0.4, -0.2) is 26.2 Å². The molecule has 0 aliphatic heterocycles. The molecule has 7 nitrogen and oxygen atoms in total. The first-order valence-electron chi connectivity index (χ1n) is 10.7. The Morgan fingerprint density at radius 2 is 1.89 bits per heavy atom. The molecule has 1 atom stereocenters. The molecule has 0 saturated heterocycles. The molecule has 0 N–H and O–H groups in total. The number of hydrogen-bond donors (Lipinski definition) is 0. The first kappa shape index (κ1) is 25.2. The summed E-state index contributed by atoms with van der Waals surface area (Å²) in [5.74, 6) is 1.22. The fourth-order valence-electron chi connectivity index (χ4n) is 3.53. The molecule has 0 saturated carbocycles. The van der Waals surface area contributed by atoms with Crippen LogP contribution in [0.15, 0.2) is 76.4 Å². The third kappa shape index (κ3) is 6.42. The molecular formula is C25H22BrClN4O3S.